The molecule has 3 aromatic rings. The monoisotopic (exact) mass is 524 g/mol. The first-order chi connectivity index (χ1) is 18.5. The normalized spacial score (nSPS) is 23.8. The zero-order chi connectivity index (χ0) is 26.1. The maximum Gasteiger partial charge on any atom is 0.227 e. The molecule has 3 heterocycles. The summed E-state index contributed by atoms with van der Waals surface area (Å²) >= 11 is 0. The lowest BCUT2D eigenvalue weighted by Gasteiger charge is -2.32. The van der Waals surface area contributed by atoms with Gasteiger partial charge in [0.05, 0.1) is 6.33 Å². The van der Waals surface area contributed by atoms with Gasteiger partial charge in [-0.05, 0) is 87.5 Å². The lowest BCUT2D eigenvalue weighted by atomic mass is 9.90. The van der Waals surface area contributed by atoms with Gasteiger partial charge in [0.25, 0.3) is 0 Å². The molecule has 2 aliphatic carbocycles. The van der Waals surface area contributed by atoms with Crippen LogP contribution in [-0.4, -0.2) is 49.7 Å². The van der Waals surface area contributed by atoms with Crippen molar-refractivity contribution in [2.75, 3.05) is 23.8 Å². The Balaban J connectivity index is 1.18. The summed E-state index contributed by atoms with van der Waals surface area (Å²) < 4.78 is 30.0. The first kappa shape index (κ1) is 25.4. The third-order valence-electron chi connectivity index (χ3n) is 8.64. The van der Waals surface area contributed by atoms with Crippen LogP contribution in [0.15, 0.2) is 24.5 Å². The predicted octanol–water partition coefficient (Wildman–Crippen LogP) is 5.18. The van der Waals surface area contributed by atoms with E-state index < -0.39 is 0 Å². The van der Waals surface area contributed by atoms with Crippen LogP contribution >= 0.6 is 0 Å². The van der Waals surface area contributed by atoms with Crippen molar-refractivity contribution >= 4 is 22.9 Å². The fourth-order valence-electron chi connectivity index (χ4n) is 6.36. The molecular formula is C28H38F2N8. The van der Waals surface area contributed by atoms with Crippen molar-refractivity contribution in [3.05, 3.63) is 41.7 Å². The summed E-state index contributed by atoms with van der Waals surface area (Å²) in [5, 5.41) is 5.74. The number of anilines is 2. The Hall–Kier alpha value is -2.85. The Bertz CT molecular complexity index is 1240. The molecule has 0 radical (unpaired) electrons. The van der Waals surface area contributed by atoms with E-state index in [1.165, 1.54) is 31.0 Å². The third-order valence-corrected chi connectivity index (χ3v) is 8.64. The van der Waals surface area contributed by atoms with Crippen LogP contribution in [0.1, 0.15) is 75.8 Å². The SMILES string of the molecule is NC1CCC(Nc2nc(NN3CCC(Cc4cc(F)ccc4F)CC3)c3ncn(C4CCCC4)c3n2)CC1. The van der Waals surface area contributed by atoms with Gasteiger partial charge in [-0.2, -0.15) is 9.97 Å². The predicted molar refractivity (Wildman–Crippen MR) is 145 cm³/mol. The molecule has 8 nitrogen and oxygen atoms in total. The Morgan fingerprint density at radius 1 is 0.947 bits per heavy atom. The Morgan fingerprint density at radius 2 is 1.71 bits per heavy atom. The first-order valence-corrected chi connectivity index (χ1v) is 14.2. The number of nitrogens with one attached hydrogen (secondary N) is 2. The van der Waals surface area contributed by atoms with Crippen molar-refractivity contribution in [1.82, 2.24) is 24.5 Å². The lowest BCUT2D eigenvalue weighted by molar-refractivity contribution is 0.215. The fraction of sp³-hybridized carbons (Fsp3) is 0.607. The van der Waals surface area contributed by atoms with Gasteiger partial charge in [0, 0.05) is 31.2 Å². The average Bonchev–Trinajstić information content (AvgIpc) is 3.59. The van der Waals surface area contributed by atoms with Crippen molar-refractivity contribution < 1.29 is 8.78 Å². The van der Waals surface area contributed by atoms with E-state index in [1.54, 1.807) is 0 Å². The van der Waals surface area contributed by atoms with Gasteiger partial charge in [-0.25, -0.2) is 18.8 Å². The van der Waals surface area contributed by atoms with Crippen LogP contribution in [0.4, 0.5) is 20.5 Å². The number of nitrogens with two attached hydrogens (primary N) is 1. The minimum absolute atomic E-state index is 0.290. The molecule has 0 atom stereocenters. The number of piperidine rings is 1. The van der Waals surface area contributed by atoms with Gasteiger partial charge < -0.3 is 21.0 Å². The van der Waals surface area contributed by atoms with E-state index in [0.717, 1.165) is 81.4 Å². The Kier molecular flexibility index (Phi) is 7.43. The summed E-state index contributed by atoms with van der Waals surface area (Å²) in [5.41, 5.74) is 11.8. The number of rotatable bonds is 7. The van der Waals surface area contributed by atoms with E-state index in [1.807, 2.05) is 6.33 Å². The van der Waals surface area contributed by atoms with Crippen LogP contribution in [0.3, 0.4) is 0 Å². The number of aromatic nitrogens is 4. The van der Waals surface area contributed by atoms with Gasteiger partial charge >= 0.3 is 0 Å². The molecule has 1 saturated heterocycles. The average molecular weight is 525 g/mol. The van der Waals surface area contributed by atoms with Crippen LogP contribution in [0.2, 0.25) is 0 Å². The molecule has 4 N–H and O–H groups in total. The van der Waals surface area contributed by atoms with Gasteiger partial charge in [0.1, 0.15) is 11.6 Å². The summed E-state index contributed by atoms with van der Waals surface area (Å²) in [6.45, 7) is 1.58. The van der Waals surface area contributed by atoms with E-state index >= 15 is 0 Å². The largest absolute Gasteiger partial charge is 0.351 e. The summed E-state index contributed by atoms with van der Waals surface area (Å²) in [5.74, 6) is 0.957. The number of hydrogen-bond acceptors (Lipinski definition) is 7. The summed E-state index contributed by atoms with van der Waals surface area (Å²) in [7, 11) is 0. The molecule has 1 aromatic carbocycles. The van der Waals surface area contributed by atoms with Crippen LogP contribution in [0.25, 0.3) is 11.2 Å². The highest BCUT2D eigenvalue weighted by molar-refractivity contribution is 5.84. The number of nitrogens with zero attached hydrogens (tertiary/aromatic N) is 5. The molecule has 0 spiro atoms. The van der Waals surface area contributed by atoms with Crippen molar-refractivity contribution in [3.63, 3.8) is 0 Å². The summed E-state index contributed by atoms with van der Waals surface area (Å²) in [6, 6.07) is 4.77. The highest BCUT2D eigenvalue weighted by atomic mass is 19.1. The maximum absolute atomic E-state index is 14.2. The second kappa shape index (κ2) is 11.1. The number of fused-ring (bicyclic) bond motifs is 1. The van der Waals surface area contributed by atoms with Crippen molar-refractivity contribution in [2.45, 2.75) is 88.8 Å². The molecule has 0 unspecified atom stereocenters. The molecule has 38 heavy (non-hydrogen) atoms. The molecule has 2 aromatic heterocycles. The van der Waals surface area contributed by atoms with Crippen molar-refractivity contribution in [3.8, 4) is 0 Å². The molecule has 0 bridgehead atoms. The van der Waals surface area contributed by atoms with Gasteiger partial charge in [-0.1, -0.05) is 12.8 Å². The molecule has 1 aliphatic heterocycles. The number of halogens is 2. The number of hydrazine groups is 1. The minimum atomic E-state index is -0.384. The highest BCUT2D eigenvalue weighted by Crippen LogP contribution is 2.34. The van der Waals surface area contributed by atoms with E-state index in [-0.39, 0.29) is 17.7 Å². The second-order valence-electron chi connectivity index (χ2n) is 11.4. The Labute approximate surface area is 222 Å². The molecule has 204 valence electrons. The van der Waals surface area contributed by atoms with Crippen LogP contribution in [0.5, 0.6) is 0 Å². The molecule has 3 aliphatic rings. The first-order valence-electron chi connectivity index (χ1n) is 14.2. The zero-order valence-electron chi connectivity index (χ0n) is 21.9. The fourth-order valence-corrected chi connectivity index (χ4v) is 6.36. The Morgan fingerprint density at radius 3 is 2.47 bits per heavy atom. The lowest BCUT2D eigenvalue weighted by Crippen LogP contribution is -2.39. The van der Waals surface area contributed by atoms with Crippen molar-refractivity contribution in [1.29, 1.82) is 0 Å². The van der Waals surface area contributed by atoms with E-state index in [2.05, 4.69) is 20.3 Å². The molecule has 0 amide bonds. The van der Waals surface area contributed by atoms with Crippen LogP contribution < -0.4 is 16.5 Å². The summed E-state index contributed by atoms with van der Waals surface area (Å²) in [4.78, 5) is 14.6. The van der Waals surface area contributed by atoms with Crippen LogP contribution in [-0.2, 0) is 6.42 Å². The molecule has 2 saturated carbocycles. The molecule has 10 heteroatoms. The minimum Gasteiger partial charge on any atom is -0.351 e. The van der Waals surface area contributed by atoms with Crippen LogP contribution in [0, 0.1) is 17.6 Å². The summed E-state index contributed by atoms with van der Waals surface area (Å²) in [6.07, 6.45) is 13.1. The maximum atomic E-state index is 14.2. The van der Waals surface area contributed by atoms with Crippen molar-refractivity contribution in [2.24, 2.45) is 11.7 Å². The highest BCUT2D eigenvalue weighted by Gasteiger charge is 2.26. The second-order valence-corrected chi connectivity index (χ2v) is 11.4. The van der Waals surface area contributed by atoms with Gasteiger partial charge in [0.15, 0.2) is 17.0 Å². The molecular weight excluding hydrogens is 486 g/mol. The third kappa shape index (κ3) is 5.61. The topological polar surface area (TPSA) is 96.9 Å². The van der Waals surface area contributed by atoms with Gasteiger partial charge in [-0.3, -0.25) is 0 Å². The van der Waals surface area contributed by atoms with E-state index in [0.29, 0.717) is 35.9 Å². The van der Waals surface area contributed by atoms with E-state index in [4.69, 9.17) is 20.7 Å². The number of benzene rings is 1. The molecule has 6 rings (SSSR count). The number of imidazole rings is 1. The quantitative estimate of drug-likeness (QED) is 0.392. The van der Waals surface area contributed by atoms with Gasteiger partial charge in [-0.15, -0.1) is 0 Å². The molecule has 3 fully saturated rings. The van der Waals surface area contributed by atoms with E-state index in [9.17, 15) is 8.78 Å². The smallest absolute Gasteiger partial charge is 0.227 e. The number of hydrogen-bond donors (Lipinski definition) is 3. The zero-order valence-corrected chi connectivity index (χ0v) is 21.9. The van der Waals surface area contributed by atoms with Gasteiger partial charge in [0.2, 0.25) is 5.95 Å². The standard InChI is InChI=1S/C28H38F2N8/c29-20-5-10-24(30)19(16-20)15-18-11-13-37(14-12-18)36-26-25-27(38(17-32-25)23-3-1-2-4-23)35-28(34-26)33-22-8-6-21(31)7-9-22/h5,10,16-18,21-23H,1-4,6-9,11-15,31H2,(H2,33,34,35,36).